The van der Waals surface area contributed by atoms with Gasteiger partial charge in [0.25, 0.3) is 0 Å². The number of rotatable bonds is 4. The van der Waals surface area contributed by atoms with Crippen molar-refractivity contribution < 1.29 is 13.9 Å². The zero-order valence-corrected chi connectivity index (χ0v) is 15.5. The molecule has 1 aromatic heterocycles. The Bertz CT molecular complexity index is 1180. The highest BCUT2D eigenvalue weighted by molar-refractivity contribution is 6.05. The van der Waals surface area contributed by atoms with Crippen LogP contribution in [0.1, 0.15) is 24.2 Å². The summed E-state index contributed by atoms with van der Waals surface area (Å²) in [6.45, 7) is 3.91. The Morgan fingerprint density at radius 3 is 2.41 bits per heavy atom. The molecule has 3 aromatic carbocycles. The van der Waals surface area contributed by atoms with Crippen LogP contribution in [0.5, 0.6) is 11.5 Å². The smallest absolute Gasteiger partial charge is 0.344 e. The average Bonchev–Trinajstić information content (AvgIpc) is 2.71. The molecule has 136 valence electrons. The second-order valence-corrected chi connectivity index (χ2v) is 6.54. The van der Waals surface area contributed by atoms with Crippen molar-refractivity contribution in [2.24, 2.45) is 0 Å². The Labute approximate surface area is 157 Å². The maximum absolute atomic E-state index is 12.5. The molecule has 0 aliphatic carbocycles. The van der Waals surface area contributed by atoms with Gasteiger partial charge >= 0.3 is 5.63 Å². The average molecular weight is 360 g/mol. The summed E-state index contributed by atoms with van der Waals surface area (Å²) in [5, 5.41) is 2.23. The topological polar surface area (TPSA) is 48.7 Å². The Balaban J connectivity index is 1.82. The molecule has 0 fully saturated rings. The van der Waals surface area contributed by atoms with Crippen molar-refractivity contribution in [3.05, 3.63) is 82.2 Å². The zero-order chi connectivity index (χ0) is 19.0. The summed E-state index contributed by atoms with van der Waals surface area (Å²) in [5.41, 5.74) is 2.07. The van der Waals surface area contributed by atoms with Crippen molar-refractivity contribution in [3.63, 3.8) is 0 Å². The molecule has 0 bridgehead atoms. The van der Waals surface area contributed by atoms with Crippen molar-refractivity contribution in [2.45, 2.75) is 20.0 Å². The van der Waals surface area contributed by atoms with E-state index in [0.29, 0.717) is 22.5 Å². The van der Waals surface area contributed by atoms with Gasteiger partial charge in [-0.25, -0.2) is 4.79 Å². The van der Waals surface area contributed by atoms with Gasteiger partial charge in [-0.15, -0.1) is 0 Å². The van der Waals surface area contributed by atoms with E-state index >= 15 is 0 Å². The lowest BCUT2D eigenvalue weighted by molar-refractivity contribution is 0.225. The molecule has 4 rings (SSSR count). The predicted molar refractivity (Wildman–Crippen MR) is 107 cm³/mol. The van der Waals surface area contributed by atoms with Gasteiger partial charge < -0.3 is 13.9 Å². The lowest BCUT2D eigenvalue weighted by atomic mass is 10.0. The normalized spacial score (nSPS) is 12.3. The van der Waals surface area contributed by atoms with E-state index < -0.39 is 0 Å². The van der Waals surface area contributed by atoms with Crippen molar-refractivity contribution in [1.82, 2.24) is 0 Å². The molecule has 27 heavy (non-hydrogen) atoms. The van der Waals surface area contributed by atoms with Gasteiger partial charge in [0.1, 0.15) is 23.2 Å². The lowest BCUT2D eigenvalue weighted by Gasteiger charge is -2.17. The predicted octanol–water partition coefficient (Wildman–Crippen LogP) is 5.40. The van der Waals surface area contributed by atoms with E-state index in [-0.39, 0.29) is 11.7 Å². The first-order chi connectivity index (χ1) is 13.1. The molecule has 0 aliphatic rings. The third kappa shape index (κ3) is 3.04. The van der Waals surface area contributed by atoms with Crippen LogP contribution in [-0.4, -0.2) is 7.11 Å². The van der Waals surface area contributed by atoms with Crippen molar-refractivity contribution in [3.8, 4) is 11.5 Å². The molecule has 0 saturated heterocycles. The summed E-state index contributed by atoms with van der Waals surface area (Å²) in [6.07, 6.45) is -0.112. The van der Waals surface area contributed by atoms with E-state index in [1.165, 1.54) is 0 Å². The van der Waals surface area contributed by atoms with Crippen LogP contribution in [0.4, 0.5) is 0 Å². The molecular formula is C23H20O4. The molecular weight excluding hydrogens is 340 g/mol. The number of methoxy groups -OCH3 is 1. The van der Waals surface area contributed by atoms with Crippen LogP contribution in [0.15, 0.2) is 69.9 Å². The standard InChI is InChI=1S/C23H20O4/c1-14-21(26-15(2)16-7-5-4-6-8-16)12-11-19-18-10-9-17(25-3)13-20(18)23(24)27-22(14)19/h4-13,15H,1-3H3/t15-/m0/s1. The summed E-state index contributed by atoms with van der Waals surface area (Å²) >= 11 is 0. The second-order valence-electron chi connectivity index (χ2n) is 6.54. The molecule has 0 spiro atoms. The van der Waals surface area contributed by atoms with Gasteiger partial charge in [-0.05, 0) is 49.7 Å². The van der Waals surface area contributed by atoms with Crippen LogP contribution in [0.25, 0.3) is 21.7 Å². The fourth-order valence-electron chi connectivity index (χ4n) is 3.33. The fraction of sp³-hybridized carbons (Fsp3) is 0.174. The van der Waals surface area contributed by atoms with E-state index in [4.69, 9.17) is 13.9 Å². The molecule has 0 unspecified atom stereocenters. The first kappa shape index (κ1) is 17.2. The Morgan fingerprint density at radius 2 is 1.67 bits per heavy atom. The van der Waals surface area contributed by atoms with E-state index in [0.717, 1.165) is 21.9 Å². The molecule has 0 amide bonds. The molecule has 4 nitrogen and oxygen atoms in total. The molecule has 1 atom stereocenters. The molecule has 0 saturated carbocycles. The fourth-order valence-corrected chi connectivity index (χ4v) is 3.33. The minimum absolute atomic E-state index is 0.112. The van der Waals surface area contributed by atoms with Crippen LogP contribution in [-0.2, 0) is 0 Å². The van der Waals surface area contributed by atoms with Crippen LogP contribution >= 0.6 is 0 Å². The van der Waals surface area contributed by atoms with Gasteiger partial charge in [-0.2, -0.15) is 0 Å². The minimum Gasteiger partial charge on any atom is -0.497 e. The van der Waals surface area contributed by atoms with Crippen LogP contribution in [0, 0.1) is 6.92 Å². The largest absolute Gasteiger partial charge is 0.497 e. The Kier molecular flexibility index (Phi) is 4.32. The monoisotopic (exact) mass is 360 g/mol. The van der Waals surface area contributed by atoms with Crippen LogP contribution in [0.3, 0.4) is 0 Å². The third-order valence-electron chi connectivity index (χ3n) is 4.86. The molecule has 1 heterocycles. The van der Waals surface area contributed by atoms with Gasteiger partial charge in [0, 0.05) is 16.3 Å². The van der Waals surface area contributed by atoms with E-state index in [1.807, 2.05) is 68.4 Å². The van der Waals surface area contributed by atoms with Gasteiger partial charge in [-0.3, -0.25) is 0 Å². The lowest BCUT2D eigenvalue weighted by Crippen LogP contribution is -2.05. The summed E-state index contributed by atoms with van der Waals surface area (Å²) in [6, 6.07) is 19.3. The number of fused-ring (bicyclic) bond motifs is 3. The summed E-state index contributed by atoms with van der Waals surface area (Å²) < 4.78 is 17.0. The summed E-state index contributed by atoms with van der Waals surface area (Å²) in [5.74, 6) is 1.33. The number of hydrogen-bond acceptors (Lipinski definition) is 4. The maximum Gasteiger partial charge on any atom is 0.344 e. The summed E-state index contributed by atoms with van der Waals surface area (Å²) in [4.78, 5) is 12.5. The summed E-state index contributed by atoms with van der Waals surface area (Å²) in [7, 11) is 1.57. The Morgan fingerprint density at radius 1 is 0.926 bits per heavy atom. The number of hydrogen-bond donors (Lipinski definition) is 0. The highest BCUT2D eigenvalue weighted by Crippen LogP contribution is 2.33. The van der Waals surface area contributed by atoms with E-state index in [1.54, 1.807) is 13.2 Å². The van der Waals surface area contributed by atoms with Crippen LogP contribution in [0.2, 0.25) is 0 Å². The van der Waals surface area contributed by atoms with Crippen molar-refractivity contribution >= 4 is 21.7 Å². The van der Waals surface area contributed by atoms with Gasteiger partial charge in [-0.1, -0.05) is 30.3 Å². The van der Waals surface area contributed by atoms with Gasteiger partial charge in [0.15, 0.2) is 0 Å². The van der Waals surface area contributed by atoms with E-state index in [2.05, 4.69) is 0 Å². The van der Waals surface area contributed by atoms with E-state index in [9.17, 15) is 4.79 Å². The molecule has 0 aliphatic heterocycles. The van der Waals surface area contributed by atoms with Gasteiger partial charge in [0.05, 0.1) is 12.5 Å². The second kappa shape index (κ2) is 6.80. The minimum atomic E-state index is -0.382. The van der Waals surface area contributed by atoms with Crippen LogP contribution < -0.4 is 15.1 Å². The molecule has 4 aromatic rings. The number of aryl methyl sites for hydroxylation is 1. The zero-order valence-electron chi connectivity index (χ0n) is 15.5. The quantitative estimate of drug-likeness (QED) is 0.361. The van der Waals surface area contributed by atoms with Crippen molar-refractivity contribution in [1.29, 1.82) is 0 Å². The highest BCUT2D eigenvalue weighted by Gasteiger charge is 2.15. The molecule has 0 N–H and O–H groups in total. The van der Waals surface area contributed by atoms with Gasteiger partial charge in [0.2, 0.25) is 0 Å². The molecule has 0 radical (unpaired) electrons. The third-order valence-corrected chi connectivity index (χ3v) is 4.86. The SMILES string of the molecule is COc1ccc2c(c1)c(=O)oc1c(C)c(O[C@@H](C)c3ccccc3)ccc12. The molecule has 4 heteroatoms. The first-order valence-electron chi connectivity index (χ1n) is 8.84. The maximum atomic E-state index is 12.5. The number of ether oxygens (including phenoxy) is 2. The number of benzene rings is 3. The Hall–Kier alpha value is -3.27. The highest BCUT2D eigenvalue weighted by atomic mass is 16.5. The van der Waals surface area contributed by atoms with Crippen molar-refractivity contribution in [2.75, 3.05) is 7.11 Å². The first-order valence-corrected chi connectivity index (χ1v) is 8.84.